The summed E-state index contributed by atoms with van der Waals surface area (Å²) in [5.41, 5.74) is -2.60. The highest BCUT2D eigenvalue weighted by atomic mass is 32.2. The third-order valence-electron chi connectivity index (χ3n) is 3.44. The van der Waals surface area contributed by atoms with Gasteiger partial charge in [-0.3, -0.25) is 4.85 Å². The maximum absolute atomic E-state index is 14.8. The maximum atomic E-state index is 14.8. The van der Waals surface area contributed by atoms with Crippen LogP contribution in [0.25, 0.3) is 4.85 Å². The minimum absolute atomic E-state index is 0.320. The van der Waals surface area contributed by atoms with Crippen LogP contribution >= 0.6 is 0 Å². The second kappa shape index (κ2) is 7.74. The van der Waals surface area contributed by atoms with E-state index in [0.29, 0.717) is 0 Å². The van der Waals surface area contributed by atoms with Crippen LogP contribution in [0.1, 0.15) is 33.3 Å². The number of benzene rings is 1. The van der Waals surface area contributed by atoms with Crippen LogP contribution in [0.5, 0.6) is 0 Å². The van der Waals surface area contributed by atoms with Gasteiger partial charge in [-0.15, -0.1) is 4.72 Å². The minimum Gasteiger partial charge on any atom is -0.598 e. The Bertz CT molecular complexity index is 602. The Morgan fingerprint density at radius 1 is 1.25 bits per heavy atom. The van der Waals surface area contributed by atoms with E-state index in [2.05, 4.69) is 14.3 Å². The van der Waals surface area contributed by atoms with Crippen molar-refractivity contribution in [3.63, 3.8) is 0 Å². The van der Waals surface area contributed by atoms with E-state index in [-0.39, 0.29) is 5.56 Å². The average molecular weight is 362 g/mol. The van der Waals surface area contributed by atoms with Crippen LogP contribution in [-0.2, 0) is 21.6 Å². The first-order valence-corrected chi connectivity index (χ1v) is 8.34. The van der Waals surface area contributed by atoms with E-state index in [4.69, 9.17) is 6.57 Å². The molecule has 0 bridgehead atoms. The van der Waals surface area contributed by atoms with Crippen molar-refractivity contribution in [2.45, 2.75) is 43.9 Å². The Balaban J connectivity index is 3.31. The molecule has 24 heavy (non-hydrogen) atoms. The molecular formula is C16H21F3N2O2S. The molecule has 0 aliphatic carbocycles. The van der Waals surface area contributed by atoms with Crippen LogP contribution in [0, 0.1) is 12.4 Å². The van der Waals surface area contributed by atoms with Crippen molar-refractivity contribution >= 4 is 11.4 Å². The molecule has 1 unspecified atom stereocenters. The predicted octanol–water partition coefficient (Wildman–Crippen LogP) is 3.62. The van der Waals surface area contributed by atoms with Crippen molar-refractivity contribution in [2.75, 3.05) is 13.3 Å². The number of nitrogens with zero attached hydrogens (tertiary/aromatic N) is 1. The number of ether oxygens (including phenoxy) is 1. The molecular weight excluding hydrogens is 341 g/mol. The highest BCUT2D eigenvalue weighted by molar-refractivity contribution is 7.90. The Morgan fingerprint density at radius 3 is 2.33 bits per heavy atom. The highest BCUT2D eigenvalue weighted by Gasteiger charge is 2.56. The van der Waals surface area contributed by atoms with Crippen molar-refractivity contribution in [1.29, 1.82) is 0 Å². The number of rotatable bonds is 7. The maximum Gasteiger partial charge on any atom is 0.318 e. The molecule has 0 saturated carbocycles. The van der Waals surface area contributed by atoms with Crippen LogP contribution in [0.15, 0.2) is 24.3 Å². The Kier molecular flexibility index (Phi) is 6.70. The second-order valence-electron chi connectivity index (χ2n) is 6.43. The molecule has 8 heteroatoms. The average Bonchev–Trinajstić information content (AvgIpc) is 2.46. The topological polar surface area (TPSA) is 48.7 Å². The molecule has 0 amide bonds. The summed E-state index contributed by atoms with van der Waals surface area (Å²) in [6, 6.07) is 5.08. The van der Waals surface area contributed by atoms with E-state index in [0.717, 1.165) is 13.0 Å². The molecule has 1 aromatic carbocycles. The quantitative estimate of drug-likeness (QED) is 0.458. The fourth-order valence-corrected chi connectivity index (χ4v) is 2.83. The molecule has 4 nitrogen and oxygen atoms in total. The Morgan fingerprint density at radius 2 is 1.83 bits per heavy atom. The van der Waals surface area contributed by atoms with E-state index >= 15 is 0 Å². The van der Waals surface area contributed by atoms with Crippen LogP contribution in [0.2, 0.25) is 0 Å². The molecule has 134 valence electrons. The van der Waals surface area contributed by atoms with E-state index < -0.39 is 46.7 Å². The summed E-state index contributed by atoms with van der Waals surface area (Å²) in [4.78, 5) is 2.85. The van der Waals surface area contributed by atoms with E-state index in [9.17, 15) is 17.7 Å². The lowest BCUT2D eigenvalue weighted by atomic mass is 9.86. The number of alkyl halides is 2. The monoisotopic (exact) mass is 362 g/mol. The van der Waals surface area contributed by atoms with Crippen molar-refractivity contribution in [3.05, 3.63) is 47.1 Å². The van der Waals surface area contributed by atoms with Gasteiger partial charge in [-0.2, -0.15) is 0 Å². The summed E-state index contributed by atoms with van der Waals surface area (Å²) in [7, 11) is 0. The van der Waals surface area contributed by atoms with Gasteiger partial charge in [0.25, 0.3) is 5.92 Å². The van der Waals surface area contributed by atoms with Crippen LogP contribution < -0.4 is 4.72 Å². The first-order chi connectivity index (χ1) is 11.0. The van der Waals surface area contributed by atoms with Gasteiger partial charge < -0.3 is 9.29 Å². The summed E-state index contributed by atoms with van der Waals surface area (Å²) >= 11 is -1.88. The first kappa shape index (κ1) is 20.8. The van der Waals surface area contributed by atoms with Gasteiger partial charge in [0.05, 0.1) is 0 Å². The summed E-state index contributed by atoms with van der Waals surface area (Å²) < 4.78 is 62.4. The molecule has 0 aliphatic heterocycles. The fraction of sp³-hybridized carbons (Fsp3) is 0.562. The SMILES string of the molecule is [C-]#[N+]COCC(F)(F)[C@](C)(N[S+]([O-])C(C)(C)C)c1ccccc1F. The van der Waals surface area contributed by atoms with Crippen molar-refractivity contribution in [3.8, 4) is 0 Å². The number of hydrogen-bond acceptors (Lipinski definition) is 3. The lowest BCUT2D eigenvalue weighted by Gasteiger charge is -2.39. The molecule has 0 radical (unpaired) electrons. The van der Waals surface area contributed by atoms with Gasteiger partial charge in [0.15, 0.2) is 5.54 Å². The zero-order valence-electron chi connectivity index (χ0n) is 14.0. The van der Waals surface area contributed by atoms with Gasteiger partial charge in [-0.1, -0.05) is 18.2 Å². The number of hydrogen-bond donors (Lipinski definition) is 1. The molecule has 0 saturated heterocycles. The third kappa shape index (κ3) is 4.63. The largest absolute Gasteiger partial charge is 0.598 e. The van der Waals surface area contributed by atoms with Gasteiger partial charge in [0.1, 0.15) is 17.2 Å². The normalized spacial score (nSPS) is 16.3. The fourth-order valence-electron chi connectivity index (χ4n) is 1.90. The lowest BCUT2D eigenvalue weighted by molar-refractivity contribution is -0.129. The predicted molar refractivity (Wildman–Crippen MR) is 87.2 cm³/mol. The smallest absolute Gasteiger partial charge is 0.318 e. The summed E-state index contributed by atoms with van der Waals surface area (Å²) in [5, 5.41) is 0. The van der Waals surface area contributed by atoms with Crippen LogP contribution in [0.4, 0.5) is 13.2 Å². The highest BCUT2D eigenvalue weighted by Crippen LogP contribution is 2.40. The number of halogens is 3. The molecule has 1 aromatic rings. The molecule has 0 fully saturated rings. The first-order valence-electron chi connectivity index (χ1n) is 7.19. The molecule has 0 aromatic heterocycles. The summed E-state index contributed by atoms with van der Waals surface area (Å²) in [6.07, 6.45) is 0. The molecule has 0 heterocycles. The molecule has 0 spiro atoms. The zero-order valence-corrected chi connectivity index (χ0v) is 14.8. The van der Waals surface area contributed by atoms with Gasteiger partial charge >= 0.3 is 6.73 Å². The Hall–Kier alpha value is -1.27. The minimum atomic E-state index is -3.61. The van der Waals surface area contributed by atoms with E-state index in [1.807, 2.05) is 0 Å². The van der Waals surface area contributed by atoms with Crippen LogP contribution in [0.3, 0.4) is 0 Å². The lowest BCUT2D eigenvalue weighted by Crippen LogP contribution is -2.60. The molecule has 0 aliphatic rings. The number of nitrogens with one attached hydrogen (secondary N) is 1. The molecule has 1 N–H and O–H groups in total. The molecule has 1 rings (SSSR count). The second-order valence-corrected chi connectivity index (χ2v) is 8.39. The third-order valence-corrected chi connectivity index (χ3v) is 5.14. The summed E-state index contributed by atoms with van der Waals surface area (Å²) in [5.74, 6) is -4.45. The van der Waals surface area contributed by atoms with Gasteiger partial charge in [0.2, 0.25) is 0 Å². The van der Waals surface area contributed by atoms with Gasteiger partial charge in [-0.05, 0) is 33.8 Å². The summed E-state index contributed by atoms with van der Waals surface area (Å²) in [6.45, 7) is 10.9. The van der Waals surface area contributed by atoms with Crippen molar-refractivity contribution in [1.82, 2.24) is 4.72 Å². The van der Waals surface area contributed by atoms with Gasteiger partial charge in [-0.25, -0.2) is 19.7 Å². The zero-order chi connectivity index (χ0) is 18.6. The van der Waals surface area contributed by atoms with Gasteiger partial charge in [0, 0.05) is 16.9 Å². The van der Waals surface area contributed by atoms with Crippen molar-refractivity contribution < 1.29 is 22.5 Å². The van der Waals surface area contributed by atoms with Crippen molar-refractivity contribution in [2.24, 2.45) is 0 Å². The standard InChI is InChI=1S/C16H21F3N2O2S/c1-14(2,3)24(22)21-15(4,12-8-6-7-9-13(12)17)16(18,19)10-23-11-20-5/h6-9,21H,10-11H2,1-4H3/t15-,24?/m1/s1. The van der Waals surface area contributed by atoms with E-state index in [1.54, 1.807) is 20.8 Å². The Labute approximate surface area is 143 Å². The van der Waals surface area contributed by atoms with E-state index in [1.165, 1.54) is 18.2 Å². The van der Waals surface area contributed by atoms with Crippen LogP contribution in [-0.4, -0.2) is 28.6 Å². The molecule has 2 atom stereocenters.